The van der Waals surface area contributed by atoms with Gasteiger partial charge in [-0.2, -0.15) is 0 Å². The fraction of sp³-hybridized carbons (Fsp3) is 0.0635. The maximum atomic E-state index is 5.63. The van der Waals surface area contributed by atoms with Crippen molar-refractivity contribution >= 4 is 42.5 Å². The Hall–Kier alpha value is -7.85. The van der Waals surface area contributed by atoms with Gasteiger partial charge in [0, 0.05) is 31.4 Å². The van der Waals surface area contributed by atoms with E-state index in [0.29, 0.717) is 0 Å². The van der Waals surface area contributed by atoms with Crippen LogP contribution in [0.5, 0.6) is 0 Å². The number of para-hydroxylation sites is 2. The molecule has 0 bridgehead atoms. The molecule has 2 spiro atoms. The van der Waals surface area contributed by atoms with Crippen molar-refractivity contribution in [3.05, 3.63) is 263 Å². The van der Waals surface area contributed by atoms with Gasteiger partial charge in [-0.3, -0.25) is 4.57 Å². The summed E-state index contributed by atoms with van der Waals surface area (Å²) in [5.41, 5.74) is 22.2. The van der Waals surface area contributed by atoms with Gasteiger partial charge in [-0.05, 0) is 127 Å². The Labute approximate surface area is 387 Å². The fourth-order valence-electron chi connectivity index (χ4n) is 13.0. The predicted octanol–water partition coefficient (Wildman–Crippen LogP) is 16.0. The van der Waals surface area contributed by atoms with E-state index in [-0.39, 0.29) is 0 Å². The van der Waals surface area contributed by atoms with Crippen LogP contribution in [-0.2, 0) is 10.8 Å². The van der Waals surface area contributed by atoms with Gasteiger partial charge in [-0.25, -0.2) is 4.98 Å². The van der Waals surface area contributed by atoms with Crippen LogP contribution in [0.4, 0.5) is 0 Å². The number of hydrogen-bond acceptors (Lipinski definition) is 2. The first-order chi connectivity index (χ1) is 32.8. The number of aromatic nitrogens is 2. The molecule has 1 unspecified atom stereocenters. The quantitative estimate of drug-likeness (QED) is 0.173. The smallest absolute Gasteiger partial charge is 0.146 e. The highest BCUT2D eigenvalue weighted by atomic mass is 32.1. The second kappa shape index (κ2) is 13.4. The Morgan fingerprint density at radius 1 is 0.455 bits per heavy atom. The zero-order valence-corrected chi connectivity index (χ0v) is 36.8. The number of thiophene rings is 1. The highest BCUT2D eigenvalue weighted by Gasteiger charge is 2.60. The molecule has 2 aromatic heterocycles. The van der Waals surface area contributed by atoms with E-state index >= 15 is 0 Å². The first kappa shape index (κ1) is 36.5. The number of rotatable bonds is 3. The maximum absolute atomic E-state index is 5.63. The van der Waals surface area contributed by atoms with Crippen molar-refractivity contribution in [3.63, 3.8) is 0 Å². The summed E-state index contributed by atoms with van der Waals surface area (Å²) >= 11 is 1.91. The molecular formula is C63H40N2S. The molecule has 11 aromatic rings. The molecule has 0 saturated carbocycles. The van der Waals surface area contributed by atoms with Crippen LogP contribution in [0.25, 0.3) is 81.7 Å². The molecule has 308 valence electrons. The third kappa shape index (κ3) is 4.48. The molecule has 4 aliphatic rings. The SMILES string of the molecule is C1=CC2=C(CC1)C1(c3ccccc3C23c2ccccc2-c2ccccc23)c2cccc(-c3nc4ccccc4n3-c3ccc(-c4ccccc4)cc3)c2-c2c1ccc1sc3ccccc3c21. The molecule has 9 aromatic carbocycles. The zero-order chi connectivity index (χ0) is 43.1. The third-order valence-electron chi connectivity index (χ3n) is 15.4. The number of imidazole rings is 1. The molecule has 0 fully saturated rings. The molecule has 2 nitrogen and oxygen atoms in total. The van der Waals surface area contributed by atoms with Crippen LogP contribution in [0.3, 0.4) is 0 Å². The van der Waals surface area contributed by atoms with Crippen LogP contribution < -0.4 is 0 Å². The summed E-state index contributed by atoms with van der Waals surface area (Å²) in [5, 5.41) is 2.66. The molecule has 0 aliphatic heterocycles. The van der Waals surface area contributed by atoms with Crippen LogP contribution >= 0.6 is 11.3 Å². The molecule has 1 atom stereocenters. The van der Waals surface area contributed by atoms with E-state index in [4.69, 9.17) is 4.98 Å². The zero-order valence-electron chi connectivity index (χ0n) is 36.0. The molecule has 66 heavy (non-hydrogen) atoms. The van der Waals surface area contributed by atoms with Gasteiger partial charge < -0.3 is 0 Å². The summed E-state index contributed by atoms with van der Waals surface area (Å²) in [7, 11) is 0. The van der Waals surface area contributed by atoms with E-state index in [1.807, 2.05) is 11.3 Å². The van der Waals surface area contributed by atoms with Crippen LogP contribution in [0.15, 0.2) is 230 Å². The van der Waals surface area contributed by atoms with Crippen molar-refractivity contribution in [2.45, 2.75) is 23.7 Å². The van der Waals surface area contributed by atoms with E-state index in [1.54, 1.807) is 0 Å². The fourth-order valence-corrected chi connectivity index (χ4v) is 14.2. The summed E-state index contributed by atoms with van der Waals surface area (Å²) in [6.45, 7) is 0. The van der Waals surface area contributed by atoms with Gasteiger partial charge in [0.15, 0.2) is 0 Å². The van der Waals surface area contributed by atoms with Gasteiger partial charge in [0.05, 0.1) is 21.9 Å². The molecule has 2 heterocycles. The molecule has 0 radical (unpaired) electrons. The molecule has 0 amide bonds. The van der Waals surface area contributed by atoms with Crippen molar-refractivity contribution < 1.29 is 0 Å². The Morgan fingerprint density at radius 2 is 1.08 bits per heavy atom. The molecule has 3 heteroatoms. The van der Waals surface area contributed by atoms with Gasteiger partial charge in [-0.1, -0.05) is 182 Å². The minimum Gasteiger partial charge on any atom is -0.292 e. The first-order valence-corrected chi connectivity index (χ1v) is 24.0. The lowest BCUT2D eigenvalue weighted by molar-refractivity contribution is 0.590. The Bertz CT molecular complexity index is 3890. The summed E-state index contributed by atoms with van der Waals surface area (Å²) in [5.74, 6) is 0.956. The van der Waals surface area contributed by atoms with Gasteiger partial charge >= 0.3 is 0 Å². The predicted molar refractivity (Wildman–Crippen MR) is 274 cm³/mol. The second-order valence-corrected chi connectivity index (χ2v) is 19.4. The highest BCUT2D eigenvalue weighted by molar-refractivity contribution is 7.26. The number of benzene rings is 9. The Morgan fingerprint density at radius 3 is 1.88 bits per heavy atom. The lowest BCUT2D eigenvalue weighted by Gasteiger charge is -2.50. The highest BCUT2D eigenvalue weighted by Crippen LogP contribution is 2.70. The Kier molecular flexibility index (Phi) is 7.38. The summed E-state index contributed by atoms with van der Waals surface area (Å²) in [6.07, 6.45) is 6.92. The standard InChI is InChI=1S/C63H40N2S/c1-2-17-39(18-3-1)40-33-35-41(36-34-40)65-55-31-14-13-30-54(55)64-61(65)45-22-16-29-52-58(45)60-53(37-38-57-59(60)44-21-6-15-32-56(44)66-57)63(52)50-27-11-9-25-48(50)62(49-26-10-12-28-51(49)63)46-23-7-4-19-42(46)43-20-5-8-24-47(43)62/h1-11,13-27,29-38H,12,28H2. The average Bonchev–Trinajstić information content (AvgIpc) is 4.13. The monoisotopic (exact) mass is 856 g/mol. The third-order valence-corrected chi connectivity index (χ3v) is 16.6. The number of allylic oxidation sites excluding steroid dienone is 4. The van der Waals surface area contributed by atoms with Gasteiger partial charge in [0.25, 0.3) is 0 Å². The Balaban J connectivity index is 1.09. The topological polar surface area (TPSA) is 17.8 Å². The van der Waals surface area contributed by atoms with E-state index in [9.17, 15) is 0 Å². The van der Waals surface area contributed by atoms with Crippen molar-refractivity contribution in [1.29, 1.82) is 0 Å². The lowest BCUT2D eigenvalue weighted by atomic mass is 9.51. The van der Waals surface area contributed by atoms with Crippen LogP contribution in [0.1, 0.15) is 46.2 Å². The summed E-state index contributed by atoms with van der Waals surface area (Å²) in [4.78, 5) is 5.63. The average molecular weight is 857 g/mol. The van der Waals surface area contributed by atoms with E-state index < -0.39 is 10.8 Å². The van der Waals surface area contributed by atoms with Crippen molar-refractivity contribution in [3.8, 4) is 50.5 Å². The van der Waals surface area contributed by atoms with Crippen molar-refractivity contribution in [1.82, 2.24) is 9.55 Å². The molecule has 0 saturated heterocycles. The van der Waals surface area contributed by atoms with Crippen LogP contribution in [0.2, 0.25) is 0 Å². The van der Waals surface area contributed by atoms with E-state index in [1.165, 1.54) is 98.1 Å². The van der Waals surface area contributed by atoms with Gasteiger partial charge in [0.1, 0.15) is 5.82 Å². The van der Waals surface area contributed by atoms with E-state index in [2.05, 4.69) is 223 Å². The van der Waals surface area contributed by atoms with E-state index in [0.717, 1.165) is 41.0 Å². The van der Waals surface area contributed by atoms with Gasteiger partial charge in [0.2, 0.25) is 0 Å². The first-order valence-electron chi connectivity index (χ1n) is 23.2. The molecular weight excluding hydrogens is 817 g/mol. The summed E-state index contributed by atoms with van der Waals surface area (Å²) < 4.78 is 5.03. The minimum absolute atomic E-state index is 0.457. The van der Waals surface area contributed by atoms with Crippen molar-refractivity contribution in [2.75, 3.05) is 0 Å². The van der Waals surface area contributed by atoms with Crippen molar-refractivity contribution in [2.24, 2.45) is 0 Å². The maximum Gasteiger partial charge on any atom is 0.146 e. The molecule has 15 rings (SSSR count). The van der Waals surface area contributed by atoms with Crippen LogP contribution in [-0.4, -0.2) is 9.55 Å². The molecule has 0 N–H and O–H groups in total. The molecule has 4 aliphatic carbocycles. The lowest BCUT2D eigenvalue weighted by Crippen LogP contribution is -2.44. The number of fused-ring (bicyclic) bond motifs is 20. The minimum atomic E-state index is -0.555. The largest absolute Gasteiger partial charge is 0.292 e. The number of nitrogens with zero attached hydrogens (tertiary/aromatic N) is 2. The van der Waals surface area contributed by atoms with Crippen LogP contribution in [0, 0.1) is 0 Å². The van der Waals surface area contributed by atoms with Gasteiger partial charge in [-0.15, -0.1) is 11.3 Å². The normalized spacial score (nSPS) is 17.0. The summed E-state index contributed by atoms with van der Waals surface area (Å²) in [6, 6.07) is 77.4. The second-order valence-electron chi connectivity index (χ2n) is 18.3. The number of hydrogen-bond donors (Lipinski definition) is 0.